The predicted molar refractivity (Wildman–Crippen MR) is 68.7 cm³/mol. The molecule has 0 fully saturated rings. The van der Waals surface area contributed by atoms with Crippen molar-refractivity contribution in [2.24, 2.45) is 5.92 Å². The average molecular weight is 256 g/mol. The minimum atomic E-state index is -3.13. The molecule has 0 aromatic heterocycles. The second kappa shape index (κ2) is 5.65. The topological polar surface area (TPSA) is 54.4 Å². The van der Waals surface area contributed by atoms with Gasteiger partial charge in [-0.05, 0) is 36.5 Å². The van der Waals surface area contributed by atoms with Crippen LogP contribution < -0.4 is 0 Å². The summed E-state index contributed by atoms with van der Waals surface area (Å²) in [6.07, 6.45) is 2.16. The highest BCUT2D eigenvalue weighted by atomic mass is 32.2. The van der Waals surface area contributed by atoms with Crippen molar-refractivity contribution >= 4 is 9.84 Å². The van der Waals surface area contributed by atoms with E-state index in [2.05, 4.69) is 13.8 Å². The van der Waals surface area contributed by atoms with Crippen molar-refractivity contribution in [3.63, 3.8) is 0 Å². The molecule has 17 heavy (non-hydrogen) atoms. The summed E-state index contributed by atoms with van der Waals surface area (Å²) >= 11 is 0. The van der Waals surface area contributed by atoms with Gasteiger partial charge in [-0.3, -0.25) is 0 Å². The summed E-state index contributed by atoms with van der Waals surface area (Å²) < 4.78 is 22.5. The van der Waals surface area contributed by atoms with Crippen LogP contribution in [-0.2, 0) is 16.3 Å². The third-order valence-corrected chi connectivity index (χ3v) is 3.69. The molecule has 0 saturated carbocycles. The maximum absolute atomic E-state index is 11.3. The van der Waals surface area contributed by atoms with E-state index in [1.54, 1.807) is 24.3 Å². The zero-order valence-corrected chi connectivity index (χ0v) is 11.4. The van der Waals surface area contributed by atoms with Gasteiger partial charge >= 0.3 is 0 Å². The fourth-order valence-corrected chi connectivity index (χ4v) is 2.40. The zero-order chi connectivity index (χ0) is 13.1. The molecule has 3 nitrogen and oxygen atoms in total. The lowest BCUT2D eigenvalue weighted by Gasteiger charge is -2.13. The Morgan fingerprint density at radius 3 is 2.12 bits per heavy atom. The maximum Gasteiger partial charge on any atom is 0.175 e. The summed E-state index contributed by atoms with van der Waals surface area (Å²) in [6, 6.07) is 6.71. The average Bonchev–Trinajstić information content (AvgIpc) is 2.15. The van der Waals surface area contributed by atoms with Crippen LogP contribution in [0.5, 0.6) is 0 Å². The van der Waals surface area contributed by atoms with E-state index in [0.717, 1.165) is 12.0 Å². The Labute approximate surface area is 103 Å². The van der Waals surface area contributed by atoms with E-state index in [9.17, 15) is 13.5 Å². The quantitative estimate of drug-likeness (QED) is 0.877. The normalized spacial score (nSPS) is 13.9. The number of aliphatic hydroxyl groups excluding tert-OH is 1. The molecule has 0 aliphatic heterocycles. The van der Waals surface area contributed by atoms with E-state index in [4.69, 9.17) is 0 Å². The molecule has 0 heterocycles. The van der Waals surface area contributed by atoms with Crippen LogP contribution in [0.4, 0.5) is 0 Å². The first-order chi connectivity index (χ1) is 7.79. The molecule has 1 aromatic rings. The Morgan fingerprint density at radius 2 is 1.71 bits per heavy atom. The predicted octanol–water partition coefficient (Wildman–Crippen LogP) is 2.04. The number of benzene rings is 1. The van der Waals surface area contributed by atoms with Crippen molar-refractivity contribution < 1.29 is 13.5 Å². The van der Waals surface area contributed by atoms with Gasteiger partial charge in [0.2, 0.25) is 0 Å². The molecular formula is C13H20O3S. The summed E-state index contributed by atoms with van der Waals surface area (Å²) in [4.78, 5) is 0.319. The molecule has 1 rings (SSSR count). The molecule has 1 aromatic carbocycles. The monoisotopic (exact) mass is 256 g/mol. The standard InChI is InChI=1S/C13H20O3S/c1-10(2)8-12(14)9-11-4-6-13(7-5-11)17(3,15)16/h4-7,10,12,14H,8-9H2,1-3H3. The highest BCUT2D eigenvalue weighted by Gasteiger charge is 2.10. The molecule has 4 heteroatoms. The van der Waals surface area contributed by atoms with Crippen LogP contribution in [0.15, 0.2) is 29.2 Å². The molecule has 0 bridgehead atoms. The molecule has 0 aliphatic rings. The molecule has 0 amide bonds. The summed E-state index contributed by atoms with van der Waals surface area (Å²) in [5, 5.41) is 9.78. The van der Waals surface area contributed by atoms with Crippen molar-refractivity contribution in [2.75, 3.05) is 6.26 Å². The Morgan fingerprint density at radius 1 is 1.18 bits per heavy atom. The highest BCUT2D eigenvalue weighted by molar-refractivity contribution is 7.90. The smallest absolute Gasteiger partial charge is 0.175 e. The third kappa shape index (κ3) is 4.88. The van der Waals surface area contributed by atoms with Gasteiger partial charge in [-0.25, -0.2) is 8.42 Å². The number of sulfone groups is 1. The highest BCUT2D eigenvalue weighted by Crippen LogP contribution is 2.14. The SMILES string of the molecule is CC(C)CC(O)Cc1ccc(S(C)(=O)=O)cc1. The van der Waals surface area contributed by atoms with Crippen LogP contribution in [0.1, 0.15) is 25.8 Å². The largest absolute Gasteiger partial charge is 0.393 e. The number of hydrogen-bond donors (Lipinski definition) is 1. The molecule has 0 spiro atoms. The number of hydrogen-bond acceptors (Lipinski definition) is 3. The summed E-state index contributed by atoms with van der Waals surface area (Å²) in [5.41, 5.74) is 0.963. The minimum Gasteiger partial charge on any atom is -0.393 e. The van der Waals surface area contributed by atoms with E-state index in [1.807, 2.05) is 0 Å². The molecule has 0 aliphatic carbocycles. The van der Waals surface area contributed by atoms with Gasteiger partial charge in [0, 0.05) is 6.26 Å². The maximum atomic E-state index is 11.3. The van der Waals surface area contributed by atoms with Crippen LogP contribution in [0.3, 0.4) is 0 Å². The van der Waals surface area contributed by atoms with Gasteiger partial charge in [-0.2, -0.15) is 0 Å². The van der Waals surface area contributed by atoms with Gasteiger partial charge in [-0.15, -0.1) is 0 Å². The first kappa shape index (κ1) is 14.2. The van der Waals surface area contributed by atoms with E-state index in [1.165, 1.54) is 6.26 Å². The lowest BCUT2D eigenvalue weighted by Crippen LogP contribution is -2.13. The van der Waals surface area contributed by atoms with Crippen molar-refractivity contribution in [3.05, 3.63) is 29.8 Å². The Kier molecular flexibility index (Phi) is 4.71. The van der Waals surface area contributed by atoms with Crippen molar-refractivity contribution in [1.82, 2.24) is 0 Å². The molecule has 0 radical (unpaired) electrons. The van der Waals surface area contributed by atoms with E-state index in [0.29, 0.717) is 17.2 Å². The Bertz CT molecular complexity index is 446. The molecule has 96 valence electrons. The van der Waals surface area contributed by atoms with Crippen molar-refractivity contribution in [3.8, 4) is 0 Å². The number of rotatable bonds is 5. The molecule has 1 unspecified atom stereocenters. The fraction of sp³-hybridized carbons (Fsp3) is 0.538. The van der Waals surface area contributed by atoms with Crippen molar-refractivity contribution in [1.29, 1.82) is 0 Å². The second-order valence-corrected chi connectivity index (χ2v) is 6.92. The Hall–Kier alpha value is -0.870. The zero-order valence-electron chi connectivity index (χ0n) is 10.6. The summed E-state index contributed by atoms with van der Waals surface area (Å²) in [7, 11) is -3.13. The lowest BCUT2D eigenvalue weighted by atomic mass is 10.00. The molecule has 0 saturated heterocycles. The van der Waals surface area contributed by atoms with E-state index < -0.39 is 9.84 Å². The van der Waals surface area contributed by atoms with Crippen molar-refractivity contribution in [2.45, 2.75) is 37.7 Å². The number of aliphatic hydroxyl groups is 1. The first-order valence-corrected chi connectivity index (χ1v) is 7.65. The van der Waals surface area contributed by atoms with Gasteiger partial charge < -0.3 is 5.11 Å². The Balaban J connectivity index is 2.69. The molecule has 1 N–H and O–H groups in total. The van der Waals surface area contributed by atoms with Gasteiger partial charge in [-0.1, -0.05) is 26.0 Å². The fourth-order valence-electron chi connectivity index (χ4n) is 1.77. The van der Waals surface area contributed by atoms with Crippen LogP contribution in [0, 0.1) is 5.92 Å². The first-order valence-electron chi connectivity index (χ1n) is 5.76. The molecule has 1 atom stereocenters. The summed E-state index contributed by atoms with van der Waals surface area (Å²) in [5.74, 6) is 0.459. The van der Waals surface area contributed by atoms with Gasteiger partial charge in [0.25, 0.3) is 0 Å². The van der Waals surface area contributed by atoms with Crippen LogP contribution in [-0.4, -0.2) is 25.9 Å². The van der Waals surface area contributed by atoms with E-state index in [-0.39, 0.29) is 6.10 Å². The van der Waals surface area contributed by atoms with E-state index >= 15 is 0 Å². The van der Waals surface area contributed by atoms with Crippen LogP contribution >= 0.6 is 0 Å². The minimum absolute atomic E-state index is 0.319. The van der Waals surface area contributed by atoms with Gasteiger partial charge in [0.1, 0.15) is 0 Å². The van der Waals surface area contributed by atoms with Crippen LogP contribution in [0.2, 0.25) is 0 Å². The summed E-state index contributed by atoms with van der Waals surface area (Å²) in [6.45, 7) is 4.13. The van der Waals surface area contributed by atoms with Crippen LogP contribution in [0.25, 0.3) is 0 Å². The van der Waals surface area contributed by atoms with Gasteiger partial charge in [0.15, 0.2) is 9.84 Å². The third-order valence-electron chi connectivity index (χ3n) is 2.57. The molecular weight excluding hydrogens is 236 g/mol. The lowest BCUT2D eigenvalue weighted by molar-refractivity contribution is 0.149. The van der Waals surface area contributed by atoms with Gasteiger partial charge in [0.05, 0.1) is 11.0 Å². The second-order valence-electron chi connectivity index (χ2n) is 4.90.